The molecule has 1 spiro atoms. The van der Waals surface area contributed by atoms with Gasteiger partial charge in [0, 0.05) is 29.4 Å². The lowest BCUT2D eigenvalue weighted by atomic mass is 9.74. The predicted molar refractivity (Wildman–Crippen MR) is 131 cm³/mol. The second kappa shape index (κ2) is 8.15. The van der Waals surface area contributed by atoms with E-state index in [1.807, 2.05) is 30.3 Å². The van der Waals surface area contributed by atoms with E-state index in [4.69, 9.17) is 4.74 Å². The van der Waals surface area contributed by atoms with Crippen LogP contribution in [-0.2, 0) is 10.2 Å². The van der Waals surface area contributed by atoms with Gasteiger partial charge in [0.1, 0.15) is 6.33 Å². The molecule has 3 aliphatic heterocycles. The van der Waals surface area contributed by atoms with Crippen molar-refractivity contribution in [2.75, 3.05) is 43.1 Å². The number of rotatable bonds is 5. The number of fused-ring (bicyclic) bond motifs is 2. The minimum absolute atomic E-state index is 0.217. The van der Waals surface area contributed by atoms with Gasteiger partial charge in [0.25, 0.3) is 0 Å². The molecule has 0 radical (unpaired) electrons. The largest absolute Gasteiger partial charge is 0.378 e. The third-order valence-corrected chi connectivity index (χ3v) is 7.63. The van der Waals surface area contributed by atoms with Gasteiger partial charge in [0.15, 0.2) is 0 Å². The third kappa shape index (κ3) is 3.69. The maximum Gasteiger partial charge on any atom is 0.246 e. The first-order chi connectivity index (χ1) is 16.1. The van der Waals surface area contributed by atoms with Crippen molar-refractivity contribution < 1.29 is 4.74 Å². The highest BCUT2D eigenvalue weighted by molar-refractivity contribution is 5.70. The van der Waals surface area contributed by atoms with Crippen molar-refractivity contribution in [2.45, 2.75) is 44.2 Å². The maximum atomic E-state index is 5.44. The summed E-state index contributed by atoms with van der Waals surface area (Å²) in [6.07, 6.45) is 4.15. The van der Waals surface area contributed by atoms with Crippen molar-refractivity contribution in [3.05, 3.63) is 60.4 Å². The number of hydrogen-bond acceptors (Lipinski definition) is 6. The van der Waals surface area contributed by atoms with Gasteiger partial charge in [0.2, 0.25) is 5.95 Å². The average Bonchev–Trinajstić information content (AvgIpc) is 3.38. The van der Waals surface area contributed by atoms with E-state index in [9.17, 15) is 0 Å². The molecule has 6 rings (SSSR count). The summed E-state index contributed by atoms with van der Waals surface area (Å²) in [7, 11) is 0. The van der Waals surface area contributed by atoms with E-state index in [1.165, 1.54) is 24.1 Å². The highest BCUT2D eigenvalue weighted by atomic mass is 16.5. The molecule has 3 aromatic rings. The summed E-state index contributed by atoms with van der Waals surface area (Å²) in [4.78, 5) is 9.71. The number of nitrogens with zero attached hydrogens (tertiary/aromatic N) is 5. The van der Waals surface area contributed by atoms with E-state index in [2.05, 4.69) is 57.2 Å². The van der Waals surface area contributed by atoms with Crippen molar-refractivity contribution in [2.24, 2.45) is 0 Å². The number of para-hydroxylation sites is 1. The molecule has 33 heavy (non-hydrogen) atoms. The van der Waals surface area contributed by atoms with E-state index in [0.717, 1.165) is 44.2 Å². The van der Waals surface area contributed by atoms with Crippen molar-refractivity contribution in [3.8, 4) is 5.69 Å². The Morgan fingerprint density at radius 2 is 1.85 bits per heavy atom. The van der Waals surface area contributed by atoms with Gasteiger partial charge in [-0.15, -0.1) is 5.10 Å². The zero-order valence-electron chi connectivity index (χ0n) is 19.4. The zero-order chi connectivity index (χ0) is 22.4. The fourth-order valence-electron chi connectivity index (χ4n) is 5.58. The monoisotopic (exact) mass is 444 g/mol. The molecule has 0 bridgehead atoms. The lowest BCUT2D eigenvalue weighted by Crippen LogP contribution is -2.55. The van der Waals surface area contributed by atoms with Crippen molar-refractivity contribution in [3.63, 3.8) is 0 Å². The summed E-state index contributed by atoms with van der Waals surface area (Å²) >= 11 is 0. The van der Waals surface area contributed by atoms with E-state index >= 15 is 0 Å². The molecular weight excluding hydrogens is 412 g/mol. The van der Waals surface area contributed by atoms with E-state index in [1.54, 1.807) is 11.0 Å². The number of anilines is 3. The number of hydrogen-bond donors (Lipinski definition) is 1. The second-order valence-corrected chi connectivity index (χ2v) is 9.93. The normalized spacial score (nSPS) is 20.3. The van der Waals surface area contributed by atoms with Crippen molar-refractivity contribution >= 4 is 17.3 Å². The Balaban J connectivity index is 1.26. The summed E-state index contributed by atoms with van der Waals surface area (Å²) in [5.41, 5.74) is 5.14. The van der Waals surface area contributed by atoms with Crippen LogP contribution in [0, 0.1) is 0 Å². The van der Waals surface area contributed by atoms with Crippen LogP contribution in [0.2, 0.25) is 0 Å². The molecule has 3 aliphatic rings. The van der Waals surface area contributed by atoms with E-state index < -0.39 is 0 Å². The maximum absolute atomic E-state index is 5.44. The van der Waals surface area contributed by atoms with E-state index in [0.29, 0.717) is 18.0 Å². The summed E-state index contributed by atoms with van der Waals surface area (Å²) < 4.78 is 7.24. The van der Waals surface area contributed by atoms with Gasteiger partial charge in [-0.1, -0.05) is 18.2 Å². The first-order valence-corrected chi connectivity index (χ1v) is 12.1. The second-order valence-electron chi connectivity index (χ2n) is 9.93. The lowest BCUT2D eigenvalue weighted by molar-refractivity contribution is -0.0752. The quantitative estimate of drug-likeness (QED) is 0.643. The predicted octanol–water partition coefficient (Wildman–Crippen LogP) is 3.97. The molecular formula is C26H32N6O. The topological polar surface area (TPSA) is 58.5 Å². The number of ether oxygens (including phenoxy) is 1. The van der Waals surface area contributed by atoms with Crippen LogP contribution in [0.25, 0.3) is 5.69 Å². The third-order valence-electron chi connectivity index (χ3n) is 7.63. The smallest absolute Gasteiger partial charge is 0.246 e. The van der Waals surface area contributed by atoms with Crippen molar-refractivity contribution in [1.82, 2.24) is 19.7 Å². The van der Waals surface area contributed by atoms with Gasteiger partial charge in [0.05, 0.1) is 24.9 Å². The SMILES string of the molecule is CC(C)N1CC2(CCN(C3COC3)CC2)c2cc(Nc3ncn(-c4ccccc4)n3)ccc21. The van der Waals surface area contributed by atoms with Crippen LogP contribution in [-0.4, -0.2) is 64.6 Å². The van der Waals surface area contributed by atoms with Gasteiger partial charge in [-0.05, 0) is 75.7 Å². The van der Waals surface area contributed by atoms with Crippen LogP contribution in [0.15, 0.2) is 54.9 Å². The highest BCUT2D eigenvalue weighted by Gasteiger charge is 2.46. The minimum Gasteiger partial charge on any atom is -0.378 e. The molecule has 4 heterocycles. The van der Waals surface area contributed by atoms with Gasteiger partial charge < -0.3 is 15.0 Å². The first-order valence-electron chi connectivity index (χ1n) is 12.1. The lowest BCUT2D eigenvalue weighted by Gasteiger charge is -2.45. The molecule has 0 saturated carbocycles. The number of likely N-dealkylation sites (tertiary alicyclic amines) is 1. The standard InChI is InChI=1S/C26H32N6O/c1-19(2)31-17-26(10-12-30(13-11-26)22-15-33-16-22)23-14-20(8-9-24(23)31)28-25-27-18-32(29-25)21-6-4-3-5-7-21/h3-9,14,18-19,22H,10-13,15-17H2,1-2H3,(H,28,29). The van der Waals surface area contributed by atoms with Crippen LogP contribution in [0.1, 0.15) is 32.3 Å². The molecule has 1 N–H and O–H groups in total. The Bertz CT molecular complexity index is 1110. The molecule has 0 aliphatic carbocycles. The minimum atomic E-state index is 0.217. The Kier molecular flexibility index (Phi) is 5.11. The van der Waals surface area contributed by atoms with Gasteiger partial charge >= 0.3 is 0 Å². The van der Waals surface area contributed by atoms with Crippen LogP contribution < -0.4 is 10.2 Å². The molecule has 0 unspecified atom stereocenters. The van der Waals surface area contributed by atoms with Crippen LogP contribution >= 0.6 is 0 Å². The molecule has 2 aromatic carbocycles. The molecule has 2 saturated heterocycles. The van der Waals surface area contributed by atoms with Crippen LogP contribution in [0.3, 0.4) is 0 Å². The van der Waals surface area contributed by atoms with Gasteiger partial charge in [-0.2, -0.15) is 4.98 Å². The Morgan fingerprint density at radius 3 is 2.55 bits per heavy atom. The van der Waals surface area contributed by atoms with Crippen molar-refractivity contribution in [1.29, 1.82) is 0 Å². The number of piperidine rings is 1. The Hall–Kier alpha value is -2.90. The molecule has 7 nitrogen and oxygen atoms in total. The highest BCUT2D eigenvalue weighted by Crippen LogP contribution is 2.49. The summed E-state index contributed by atoms with van der Waals surface area (Å²) in [6, 6.07) is 18.0. The molecule has 7 heteroatoms. The Labute approximate surface area is 195 Å². The fourth-order valence-corrected chi connectivity index (χ4v) is 5.58. The molecule has 2 fully saturated rings. The molecule has 0 amide bonds. The number of nitrogens with one attached hydrogen (secondary N) is 1. The van der Waals surface area contributed by atoms with Gasteiger partial charge in [-0.3, -0.25) is 4.90 Å². The van der Waals surface area contributed by atoms with Gasteiger partial charge in [-0.25, -0.2) is 4.68 Å². The average molecular weight is 445 g/mol. The van der Waals surface area contributed by atoms with E-state index in [-0.39, 0.29) is 5.41 Å². The zero-order valence-corrected chi connectivity index (χ0v) is 19.4. The number of benzene rings is 2. The van der Waals surface area contributed by atoms with Crippen LogP contribution in [0.5, 0.6) is 0 Å². The first kappa shape index (κ1) is 20.7. The number of aromatic nitrogens is 3. The molecule has 0 atom stereocenters. The summed E-state index contributed by atoms with van der Waals surface area (Å²) in [6.45, 7) is 9.82. The fraction of sp³-hybridized carbons (Fsp3) is 0.462. The summed E-state index contributed by atoms with van der Waals surface area (Å²) in [5.74, 6) is 0.617. The molecule has 1 aromatic heterocycles. The summed E-state index contributed by atoms with van der Waals surface area (Å²) in [5, 5.41) is 8.07. The Morgan fingerprint density at radius 1 is 1.06 bits per heavy atom. The van der Waals surface area contributed by atoms with Crippen LogP contribution in [0.4, 0.5) is 17.3 Å². The molecule has 172 valence electrons.